The lowest BCUT2D eigenvalue weighted by Gasteiger charge is -2.29. The molecule has 2 atom stereocenters. The number of carbonyl (C=O) groups excluding carboxylic acids is 1. The molecule has 1 saturated heterocycles. The summed E-state index contributed by atoms with van der Waals surface area (Å²) in [6.45, 7) is 4.41. The predicted molar refractivity (Wildman–Crippen MR) is 82.0 cm³/mol. The van der Waals surface area contributed by atoms with E-state index in [9.17, 15) is 4.79 Å². The Balaban J connectivity index is 2.04. The first-order chi connectivity index (χ1) is 10.1. The fourth-order valence-electron chi connectivity index (χ4n) is 2.91. The van der Waals surface area contributed by atoms with E-state index in [2.05, 4.69) is 18.0 Å². The smallest absolute Gasteiger partial charge is 0.320 e. The van der Waals surface area contributed by atoms with Gasteiger partial charge in [0.25, 0.3) is 0 Å². The molecule has 1 aliphatic rings. The third-order valence-corrected chi connectivity index (χ3v) is 3.99. The molecule has 0 bridgehead atoms. The van der Waals surface area contributed by atoms with Crippen molar-refractivity contribution in [1.29, 1.82) is 0 Å². The van der Waals surface area contributed by atoms with Crippen molar-refractivity contribution in [1.82, 2.24) is 14.8 Å². The van der Waals surface area contributed by atoms with Crippen molar-refractivity contribution in [2.75, 3.05) is 33.9 Å². The summed E-state index contributed by atoms with van der Waals surface area (Å²) in [5.41, 5.74) is 1.13. The zero-order valence-electron chi connectivity index (χ0n) is 13.2. The molecule has 116 valence electrons. The molecule has 1 fully saturated rings. The molecule has 2 heterocycles. The minimum Gasteiger partial charge on any atom is -0.385 e. The molecule has 1 aromatic rings. The zero-order chi connectivity index (χ0) is 15.2. The van der Waals surface area contributed by atoms with E-state index < -0.39 is 0 Å². The van der Waals surface area contributed by atoms with Gasteiger partial charge in [-0.15, -0.1) is 0 Å². The Labute approximate surface area is 126 Å². The molecule has 2 rings (SSSR count). The van der Waals surface area contributed by atoms with Crippen molar-refractivity contribution in [2.45, 2.75) is 25.8 Å². The predicted octanol–water partition coefficient (Wildman–Crippen LogP) is 2.55. The van der Waals surface area contributed by atoms with Crippen LogP contribution in [0.15, 0.2) is 24.5 Å². The third-order valence-electron chi connectivity index (χ3n) is 3.99. The van der Waals surface area contributed by atoms with E-state index in [0.717, 1.165) is 31.5 Å². The lowest BCUT2D eigenvalue weighted by molar-refractivity contribution is 0.146. The highest BCUT2D eigenvalue weighted by molar-refractivity contribution is 5.75. The highest BCUT2D eigenvalue weighted by atomic mass is 16.5. The summed E-state index contributed by atoms with van der Waals surface area (Å²) in [6, 6.07) is 4.24. The van der Waals surface area contributed by atoms with Crippen molar-refractivity contribution >= 4 is 6.03 Å². The van der Waals surface area contributed by atoms with Crippen LogP contribution in [-0.4, -0.2) is 54.7 Å². The molecule has 0 saturated carbocycles. The fourth-order valence-corrected chi connectivity index (χ4v) is 2.91. The van der Waals surface area contributed by atoms with Crippen molar-refractivity contribution in [3.63, 3.8) is 0 Å². The third kappa shape index (κ3) is 3.94. The first-order valence-corrected chi connectivity index (χ1v) is 7.54. The highest BCUT2D eigenvalue weighted by Crippen LogP contribution is 2.35. The number of aromatic nitrogens is 1. The van der Waals surface area contributed by atoms with Gasteiger partial charge in [0, 0.05) is 46.2 Å². The number of methoxy groups -OCH3 is 1. The monoisotopic (exact) mass is 291 g/mol. The Bertz CT molecular complexity index is 452. The first kappa shape index (κ1) is 15.8. The van der Waals surface area contributed by atoms with Crippen molar-refractivity contribution < 1.29 is 9.53 Å². The van der Waals surface area contributed by atoms with E-state index in [1.54, 1.807) is 18.2 Å². The zero-order valence-corrected chi connectivity index (χ0v) is 13.2. The summed E-state index contributed by atoms with van der Waals surface area (Å²) in [7, 11) is 3.55. The minimum atomic E-state index is 0.101. The molecule has 0 radical (unpaired) electrons. The van der Waals surface area contributed by atoms with Gasteiger partial charge in [0.2, 0.25) is 0 Å². The quantitative estimate of drug-likeness (QED) is 0.783. The maximum Gasteiger partial charge on any atom is 0.320 e. The van der Waals surface area contributed by atoms with Crippen LogP contribution in [0.2, 0.25) is 0 Å². The summed E-state index contributed by atoms with van der Waals surface area (Å²) in [5.74, 6) is 0.520. The van der Waals surface area contributed by atoms with Crippen LogP contribution in [0, 0.1) is 5.92 Å². The maximum absolute atomic E-state index is 12.7. The molecule has 5 nitrogen and oxygen atoms in total. The highest BCUT2D eigenvalue weighted by Gasteiger charge is 2.35. The number of hydrogen-bond donors (Lipinski definition) is 0. The van der Waals surface area contributed by atoms with Crippen molar-refractivity contribution in [3.8, 4) is 0 Å². The van der Waals surface area contributed by atoms with Crippen LogP contribution < -0.4 is 0 Å². The number of rotatable bonds is 5. The fraction of sp³-hybridized carbons (Fsp3) is 0.625. The summed E-state index contributed by atoms with van der Waals surface area (Å²) in [6.07, 6.45) is 5.50. The van der Waals surface area contributed by atoms with Crippen molar-refractivity contribution in [2.24, 2.45) is 5.92 Å². The van der Waals surface area contributed by atoms with Gasteiger partial charge in [0.1, 0.15) is 0 Å². The topological polar surface area (TPSA) is 45.7 Å². The average molecular weight is 291 g/mol. The number of likely N-dealkylation sites (tertiary alicyclic amines) is 1. The van der Waals surface area contributed by atoms with E-state index in [1.165, 1.54) is 0 Å². The molecule has 1 aliphatic heterocycles. The van der Waals surface area contributed by atoms with Crippen LogP contribution in [0.3, 0.4) is 0 Å². The molecule has 0 N–H and O–H groups in total. The lowest BCUT2D eigenvalue weighted by Crippen LogP contribution is -2.41. The van der Waals surface area contributed by atoms with Gasteiger partial charge in [-0.25, -0.2) is 4.79 Å². The average Bonchev–Trinajstić information content (AvgIpc) is 2.89. The molecule has 5 heteroatoms. The van der Waals surface area contributed by atoms with Gasteiger partial charge in [-0.1, -0.05) is 13.0 Å². The van der Waals surface area contributed by atoms with Crippen LogP contribution in [0.4, 0.5) is 4.79 Å². The molecule has 1 aromatic heterocycles. The Hall–Kier alpha value is -1.62. The maximum atomic E-state index is 12.7. The van der Waals surface area contributed by atoms with E-state index in [4.69, 9.17) is 4.74 Å². The molecular weight excluding hydrogens is 266 g/mol. The summed E-state index contributed by atoms with van der Waals surface area (Å²) < 4.78 is 5.05. The second-order valence-corrected chi connectivity index (χ2v) is 5.85. The van der Waals surface area contributed by atoms with Gasteiger partial charge in [0.05, 0.1) is 6.04 Å². The normalized spacial score (nSPS) is 21.6. The number of pyridine rings is 1. The molecule has 21 heavy (non-hydrogen) atoms. The number of ether oxygens (including phenoxy) is 1. The van der Waals surface area contributed by atoms with E-state index in [1.807, 2.05) is 24.2 Å². The standard InChI is InChI=1S/C16H25N3O2/c1-13-10-15(14-6-4-7-17-11-14)19(12-13)16(20)18(2)8-5-9-21-3/h4,6-7,11,13,15H,5,8-10,12H2,1-3H3/t13-,15-/m0/s1. The second kappa shape index (κ2) is 7.41. The van der Waals surface area contributed by atoms with Crippen LogP contribution in [-0.2, 0) is 4.74 Å². The van der Waals surface area contributed by atoms with E-state index in [-0.39, 0.29) is 12.1 Å². The number of nitrogens with zero attached hydrogens (tertiary/aromatic N) is 3. The summed E-state index contributed by atoms with van der Waals surface area (Å²) >= 11 is 0. The van der Waals surface area contributed by atoms with Crippen LogP contribution in [0.1, 0.15) is 31.4 Å². The first-order valence-electron chi connectivity index (χ1n) is 7.54. The Morgan fingerprint density at radius 1 is 1.57 bits per heavy atom. The summed E-state index contributed by atoms with van der Waals surface area (Å²) in [5, 5.41) is 0. The number of hydrogen-bond acceptors (Lipinski definition) is 3. The number of carbonyl (C=O) groups is 1. The van der Waals surface area contributed by atoms with Crippen LogP contribution >= 0.6 is 0 Å². The molecule has 0 spiro atoms. The van der Waals surface area contributed by atoms with Gasteiger partial charge >= 0.3 is 6.03 Å². The molecule has 0 aromatic carbocycles. The lowest BCUT2D eigenvalue weighted by atomic mass is 10.0. The molecular formula is C16H25N3O2. The summed E-state index contributed by atoms with van der Waals surface area (Å²) in [4.78, 5) is 20.6. The van der Waals surface area contributed by atoms with Gasteiger partial charge in [-0.05, 0) is 30.4 Å². The van der Waals surface area contributed by atoms with Gasteiger partial charge in [-0.3, -0.25) is 4.98 Å². The Morgan fingerprint density at radius 2 is 2.38 bits per heavy atom. The number of amides is 2. The SMILES string of the molecule is COCCCN(C)C(=O)N1C[C@@H](C)C[C@H]1c1cccnc1. The molecule has 0 aliphatic carbocycles. The van der Waals surface area contributed by atoms with Crippen LogP contribution in [0.25, 0.3) is 0 Å². The minimum absolute atomic E-state index is 0.101. The van der Waals surface area contributed by atoms with Gasteiger partial charge in [-0.2, -0.15) is 0 Å². The van der Waals surface area contributed by atoms with E-state index in [0.29, 0.717) is 12.5 Å². The Kier molecular flexibility index (Phi) is 5.56. The van der Waals surface area contributed by atoms with Gasteiger partial charge in [0.15, 0.2) is 0 Å². The van der Waals surface area contributed by atoms with Gasteiger partial charge < -0.3 is 14.5 Å². The second-order valence-electron chi connectivity index (χ2n) is 5.85. The number of urea groups is 1. The molecule has 0 unspecified atom stereocenters. The molecule has 2 amide bonds. The van der Waals surface area contributed by atoms with E-state index >= 15 is 0 Å². The Morgan fingerprint density at radius 3 is 3.05 bits per heavy atom. The van der Waals surface area contributed by atoms with Crippen LogP contribution in [0.5, 0.6) is 0 Å². The largest absolute Gasteiger partial charge is 0.385 e. The van der Waals surface area contributed by atoms with Crippen molar-refractivity contribution in [3.05, 3.63) is 30.1 Å².